The molecule has 28 heavy (non-hydrogen) atoms. The van der Waals surface area contributed by atoms with Gasteiger partial charge in [-0.3, -0.25) is 4.79 Å². The number of ether oxygens (including phenoxy) is 1. The normalized spacial score (nSPS) is 10.7. The van der Waals surface area contributed by atoms with Crippen LogP contribution in [0, 0.1) is 12.7 Å². The number of halogens is 1. The van der Waals surface area contributed by atoms with Gasteiger partial charge in [0.1, 0.15) is 0 Å². The minimum Gasteiger partial charge on any atom is -0.494 e. The highest BCUT2D eigenvalue weighted by Gasteiger charge is 2.15. The van der Waals surface area contributed by atoms with E-state index in [0.29, 0.717) is 23.2 Å². The Labute approximate surface area is 166 Å². The van der Waals surface area contributed by atoms with E-state index in [1.807, 2.05) is 31.2 Å². The average molecular weight is 401 g/mol. The van der Waals surface area contributed by atoms with Crippen molar-refractivity contribution in [3.05, 3.63) is 59.4 Å². The first-order chi connectivity index (χ1) is 13.5. The van der Waals surface area contributed by atoms with Crippen molar-refractivity contribution in [2.24, 2.45) is 0 Å². The van der Waals surface area contributed by atoms with Crippen molar-refractivity contribution < 1.29 is 18.3 Å². The fourth-order valence-corrected chi connectivity index (χ4v) is 3.30. The zero-order valence-electron chi connectivity index (χ0n) is 15.8. The first-order valence-electron chi connectivity index (χ1n) is 8.56. The summed E-state index contributed by atoms with van der Waals surface area (Å²) in [5, 5.41) is 8.37. The number of hydrogen-bond donors (Lipinski definition) is 0. The van der Waals surface area contributed by atoms with Crippen LogP contribution in [0.5, 0.6) is 5.75 Å². The van der Waals surface area contributed by atoms with Crippen LogP contribution < -0.4 is 4.74 Å². The fourth-order valence-electron chi connectivity index (χ4n) is 2.59. The second-order valence-corrected chi connectivity index (χ2v) is 7.12. The summed E-state index contributed by atoms with van der Waals surface area (Å²) < 4.78 is 24.3. The molecule has 0 radical (unpaired) electrons. The summed E-state index contributed by atoms with van der Waals surface area (Å²) in [5.41, 5.74) is 2.58. The molecule has 0 saturated carbocycles. The third-order valence-corrected chi connectivity index (χ3v) is 4.97. The monoisotopic (exact) mass is 401 g/mol. The molecule has 3 rings (SSSR count). The van der Waals surface area contributed by atoms with Crippen LogP contribution >= 0.6 is 11.8 Å². The predicted octanol–water partition coefficient (Wildman–Crippen LogP) is 3.94. The zero-order valence-corrected chi connectivity index (χ0v) is 16.6. The van der Waals surface area contributed by atoms with Crippen LogP contribution in [0.15, 0.2) is 52.1 Å². The highest BCUT2D eigenvalue weighted by atomic mass is 32.2. The molecule has 0 fully saturated rings. The summed E-state index contributed by atoms with van der Waals surface area (Å²) in [6.45, 7) is 2.26. The highest BCUT2D eigenvalue weighted by Crippen LogP contribution is 2.25. The zero-order chi connectivity index (χ0) is 20.1. The second-order valence-electron chi connectivity index (χ2n) is 6.20. The van der Waals surface area contributed by atoms with E-state index in [1.165, 1.54) is 29.8 Å². The van der Waals surface area contributed by atoms with Gasteiger partial charge in [-0.2, -0.15) is 0 Å². The van der Waals surface area contributed by atoms with Gasteiger partial charge in [-0.25, -0.2) is 4.39 Å². The predicted molar refractivity (Wildman–Crippen MR) is 105 cm³/mol. The number of benzene rings is 2. The lowest BCUT2D eigenvalue weighted by Crippen LogP contribution is -2.27. The van der Waals surface area contributed by atoms with Crippen molar-refractivity contribution in [2.75, 3.05) is 19.9 Å². The third kappa shape index (κ3) is 4.69. The molecule has 0 unspecified atom stereocenters. The first-order valence-corrected chi connectivity index (χ1v) is 9.55. The summed E-state index contributed by atoms with van der Waals surface area (Å²) in [5.74, 6) is 0.163. The molecule has 3 aromatic rings. The van der Waals surface area contributed by atoms with Crippen molar-refractivity contribution in [1.29, 1.82) is 0 Å². The molecular formula is C20H20FN3O3S. The van der Waals surface area contributed by atoms with Crippen molar-refractivity contribution in [3.8, 4) is 17.2 Å². The van der Waals surface area contributed by atoms with Gasteiger partial charge in [0.2, 0.25) is 11.8 Å². The van der Waals surface area contributed by atoms with E-state index in [1.54, 1.807) is 19.2 Å². The highest BCUT2D eigenvalue weighted by molar-refractivity contribution is 7.99. The first kappa shape index (κ1) is 19.9. The van der Waals surface area contributed by atoms with E-state index >= 15 is 0 Å². The van der Waals surface area contributed by atoms with Gasteiger partial charge >= 0.3 is 0 Å². The Hall–Kier alpha value is -2.87. The molecule has 0 aliphatic rings. The summed E-state index contributed by atoms with van der Waals surface area (Å²) in [4.78, 5) is 13.9. The number of carbonyl (C=O) groups excluding carboxylic acids is 1. The van der Waals surface area contributed by atoms with Gasteiger partial charge in [0.05, 0.1) is 12.9 Å². The SMILES string of the molecule is COc1ccc(CN(C)C(=O)CSc2nnc(-c3ccccc3C)o2)cc1F. The molecule has 8 heteroatoms. The Morgan fingerprint density at radius 3 is 2.75 bits per heavy atom. The number of amides is 1. The van der Waals surface area contributed by atoms with Crippen molar-refractivity contribution in [1.82, 2.24) is 15.1 Å². The number of carbonyl (C=O) groups is 1. The lowest BCUT2D eigenvalue weighted by atomic mass is 10.1. The van der Waals surface area contributed by atoms with Crippen molar-refractivity contribution in [2.45, 2.75) is 18.7 Å². The maximum absolute atomic E-state index is 13.8. The number of hydrogen-bond acceptors (Lipinski definition) is 6. The molecule has 1 heterocycles. The lowest BCUT2D eigenvalue weighted by Gasteiger charge is -2.17. The Morgan fingerprint density at radius 1 is 1.25 bits per heavy atom. The Bertz CT molecular complexity index is 977. The molecule has 6 nitrogen and oxygen atoms in total. The second kappa shape index (κ2) is 8.88. The molecule has 1 amide bonds. The summed E-state index contributed by atoms with van der Waals surface area (Å²) in [7, 11) is 3.07. The molecule has 0 spiro atoms. The van der Waals surface area contributed by atoms with Gasteiger partial charge < -0.3 is 14.1 Å². The fraction of sp³-hybridized carbons (Fsp3) is 0.250. The third-order valence-electron chi connectivity index (χ3n) is 4.16. The minimum absolute atomic E-state index is 0.128. The Morgan fingerprint density at radius 2 is 2.04 bits per heavy atom. The van der Waals surface area contributed by atoms with Gasteiger partial charge in [0.25, 0.3) is 5.22 Å². The molecule has 0 aliphatic carbocycles. The molecule has 0 N–H and O–H groups in total. The maximum Gasteiger partial charge on any atom is 0.277 e. The molecule has 0 saturated heterocycles. The number of aryl methyl sites for hydroxylation is 1. The van der Waals surface area contributed by atoms with E-state index in [9.17, 15) is 9.18 Å². The van der Waals surface area contributed by atoms with Crippen LogP contribution in [-0.4, -0.2) is 40.9 Å². The molecular weight excluding hydrogens is 381 g/mol. The van der Waals surface area contributed by atoms with Gasteiger partial charge in [-0.15, -0.1) is 10.2 Å². The maximum atomic E-state index is 13.8. The molecule has 0 bridgehead atoms. The van der Waals surface area contributed by atoms with Gasteiger partial charge in [0.15, 0.2) is 11.6 Å². The number of methoxy groups -OCH3 is 1. The van der Waals surface area contributed by atoms with Crippen LogP contribution in [-0.2, 0) is 11.3 Å². The molecule has 1 aromatic heterocycles. The summed E-state index contributed by atoms with van der Waals surface area (Å²) >= 11 is 1.17. The summed E-state index contributed by atoms with van der Waals surface area (Å²) in [6.07, 6.45) is 0. The van der Waals surface area contributed by atoms with Gasteiger partial charge in [-0.05, 0) is 36.2 Å². The van der Waals surface area contributed by atoms with E-state index in [4.69, 9.17) is 9.15 Å². The lowest BCUT2D eigenvalue weighted by molar-refractivity contribution is -0.127. The number of nitrogens with zero attached hydrogens (tertiary/aromatic N) is 3. The molecule has 2 aromatic carbocycles. The van der Waals surface area contributed by atoms with Crippen LogP contribution in [0.25, 0.3) is 11.5 Å². The smallest absolute Gasteiger partial charge is 0.277 e. The quantitative estimate of drug-likeness (QED) is 0.559. The van der Waals surface area contributed by atoms with E-state index in [0.717, 1.165) is 11.1 Å². The molecule has 0 atom stereocenters. The van der Waals surface area contributed by atoms with E-state index in [-0.39, 0.29) is 17.4 Å². The Kier molecular flexibility index (Phi) is 6.30. The van der Waals surface area contributed by atoms with Crippen LogP contribution in [0.2, 0.25) is 0 Å². The summed E-state index contributed by atoms with van der Waals surface area (Å²) in [6, 6.07) is 12.3. The van der Waals surface area contributed by atoms with Crippen LogP contribution in [0.1, 0.15) is 11.1 Å². The number of thioether (sulfide) groups is 1. The number of aromatic nitrogens is 2. The van der Waals surface area contributed by atoms with Gasteiger partial charge in [0, 0.05) is 19.2 Å². The van der Waals surface area contributed by atoms with Gasteiger partial charge in [-0.1, -0.05) is 36.0 Å². The van der Waals surface area contributed by atoms with Crippen molar-refractivity contribution >= 4 is 17.7 Å². The minimum atomic E-state index is -0.454. The van der Waals surface area contributed by atoms with E-state index < -0.39 is 5.82 Å². The molecule has 146 valence electrons. The largest absolute Gasteiger partial charge is 0.494 e. The van der Waals surface area contributed by atoms with Crippen LogP contribution in [0.4, 0.5) is 4.39 Å². The standard InChI is InChI=1S/C20H20FN3O3S/c1-13-6-4-5-7-15(13)19-22-23-20(27-19)28-12-18(25)24(2)11-14-8-9-17(26-3)16(21)10-14/h4-10H,11-12H2,1-3H3. The van der Waals surface area contributed by atoms with E-state index in [2.05, 4.69) is 10.2 Å². The number of rotatable bonds is 7. The van der Waals surface area contributed by atoms with Crippen molar-refractivity contribution in [3.63, 3.8) is 0 Å². The Balaban J connectivity index is 1.57. The molecule has 0 aliphatic heterocycles. The topological polar surface area (TPSA) is 68.5 Å². The van der Waals surface area contributed by atoms with Crippen LogP contribution in [0.3, 0.4) is 0 Å². The average Bonchev–Trinajstić information content (AvgIpc) is 3.15.